The largest absolute Gasteiger partial charge is 0.314 e. The zero-order valence-electron chi connectivity index (χ0n) is 11.9. The molecule has 1 unspecified atom stereocenters. The Morgan fingerprint density at radius 2 is 2.00 bits per heavy atom. The molecular formula is C15H27NS. The van der Waals surface area contributed by atoms with Gasteiger partial charge in [-0.05, 0) is 46.6 Å². The minimum Gasteiger partial charge on any atom is -0.314 e. The second-order valence-electron chi connectivity index (χ2n) is 5.98. The Bertz CT molecular complexity index is 303. The number of hydrogen-bond acceptors (Lipinski definition) is 2. The lowest BCUT2D eigenvalue weighted by atomic mass is 9.74. The van der Waals surface area contributed by atoms with Crippen LogP contribution in [0.2, 0.25) is 0 Å². The molecule has 0 radical (unpaired) electrons. The van der Waals surface area contributed by atoms with Crippen LogP contribution in [0.5, 0.6) is 0 Å². The van der Waals surface area contributed by atoms with Gasteiger partial charge in [-0.3, -0.25) is 0 Å². The van der Waals surface area contributed by atoms with Gasteiger partial charge in [0.1, 0.15) is 0 Å². The molecule has 0 aliphatic carbocycles. The number of aryl methyl sites for hydroxylation is 1. The highest BCUT2D eigenvalue weighted by molar-refractivity contribution is 7.07. The Morgan fingerprint density at radius 3 is 2.47 bits per heavy atom. The number of hydrogen-bond donors (Lipinski definition) is 1. The molecule has 1 aromatic heterocycles. The quantitative estimate of drug-likeness (QED) is 0.762. The first kappa shape index (κ1) is 14.7. The van der Waals surface area contributed by atoms with E-state index in [0.717, 1.165) is 6.54 Å². The van der Waals surface area contributed by atoms with Crippen LogP contribution in [-0.2, 0) is 6.42 Å². The topological polar surface area (TPSA) is 12.0 Å². The molecule has 1 rings (SSSR count). The smallest absolute Gasteiger partial charge is 0.00106 e. The van der Waals surface area contributed by atoms with Crippen molar-refractivity contribution in [1.82, 2.24) is 5.32 Å². The van der Waals surface area contributed by atoms with Crippen molar-refractivity contribution in [2.75, 3.05) is 6.54 Å². The Morgan fingerprint density at radius 1 is 1.29 bits per heavy atom. The van der Waals surface area contributed by atoms with Crippen molar-refractivity contribution in [2.45, 2.75) is 53.5 Å². The van der Waals surface area contributed by atoms with Gasteiger partial charge in [0.15, 0.2) is 0 Å². The molecule has 1 heterocycles. The van der Waals surface area contributed by atoms with E-state index in [1.54, 1.807) is 11.3 Å². The molecule has 0 fully saturated rings. The molecule has 0 spiro atoms. The van der Waals surface area contributed by atoms with Gasteiger partial charge >= 0.3 is 0 Å². The fraction of sp³-hybridized carbons (Fsp3) is 0.733. The molecule has 0 saturated carbocycles. The number of thiophene rings is 1. The summed E-state index contributed by atoms with van der Waals surface area (Å²) in [6.45, 7) is 12.7. The van der Waals surface area contributed by atoms with Gasteiger partial charge in [-0.25, -0.2) is 0 Å². The molecule has 1 atom stereocenters. The van der Waals surface area contributed by atoms with Gasteiger partial charge in [-0.15, -0.1) is 0 Å². The van der Waals surface area contributed by atoms with E-state index in [1.807, 2.05) is 0 Å². The van der Waals surface area contributed by atoms with Gasteiger partial charge in [0.2, 0.25) is 0 Å². The van der Waals surface area contributed by atoms with E-state index in [-0.39, 0.29) is 0 Å². The van der Waals surface area contributed by atoms with Crippen molar-refractivity contribution in [3.05, 3.63) is 22.4 Å². The Kier molecular flexibility index (Phi) is 5.68. The SMILES string of the molecule is CC(C)NCC(C)(CCc1ccsc1)C(C)C. The van der Waals surface area contributed by atoms with Gasteiger partial charge in [0.05, 0.1) is 0 Å². The molecule has 0 aromatic carbocycles. The molecule has 0 bridgehead atoms. The highest BCUT2D eigenvalue weighted by Gasteiger charge is 2.27. The summed E-state index contributed by atoms with van der Waals surface area (Å²) in [5, 5.41) is 8.05. The third-order valence-corrected chi connectivity index (χ3v) is 4.60. The van der Waals surface area contributed by atoms with Crippen LogP contribution in [0.1, 0.15) is 46.6 Å². The lowest BCUT2D eigenvalue weighted by molar-refractivity contribution is 0.187. The molecular weight excluding hydrogens is 226 g/mol. The lowest BCUT2D eigenvalue weighted by Crippen LogP contribution is -2.39. The van der Waals surface area contributed by atoms with Crippen molar-refractivity contribution >= 4 is 11.3 Å². The average molecular weight is 253 g/mol. The summed E-state index contributed by atoms with van der Waals surface area (Å²) in [6, 6.07) is 2.83. The van der Waals surface area contributed by atoms with E-state index in [9.17, 15) is 0 Å². The first-order valence-corrected chi connectivity index (χ1v) is 7.63. The standard InChI is InChI=1S/C15H27NS/c1-12(2)15(5,11-16-13(3)4)8-6-14-7-9-17-10-14/h7,9-10,12-13,16H,6,8,11H2,1-5H3. The van der Waals surface area contributed by atoms with Crippen molar-refractivity contribution in [3.8, 4) is 0 Å². The van der Waals surface area contributed by atoms with E-state index in [0.29, 0.717) is 17.4 Å². The van der Waals surface area contributed by atoms with E-state index in [2.05, 4.69) is 56.8 Å². The summed E-state index contributed by atoms with van der Waals surface area (Å²) in [7, 11) is 0. The summed E-state index contributed by atoms with van der Waals surface area (Å²) in [6.07, 6.45) is 2.47. The van der Waals surface area contributed by atoms with Crippen molar-refractivity contribution in [1.29, 1.82) is 0 Å². The molecule has 0 aliphatic heterocycles. The number of rotatable bonds is 7. The predicted molar refractivity (Wildman–Crippen MR) is 78.7 cm³/mol. The minimum atomic E-state index is 0.395. The highest BCUT2D eigenvalue weighted by atomic mass is 32.1. The maximum atomic E-state index is 3.60. The van der Waals surface area contributed by atoms with E-state index in [1.165, 1.54) is 18.4 Å². The van der Waals surface area contributed by atoms with Crippen LogP contribution in [0.15, 0.2) is 16.8 Å². The molecule has 98 valence electrons. The van der Waals surface area contributed by atoms with Gasteiger partial charge in [0, 0.05) is 12.6 Å². The van der Waals surface area contributed by atoms with E-state index >= 15 is 0 Å². The van der Waals surface area contributed by atoms with Gasteiger partial charge in [0.25, 0.3) is 0 Å². The fourth-order valence-electron chi connectivity index (χ4n) is 1.88. The van der Waals surface area contributed by atoms with Crippen LogP contribution in [0, 0.1) is 11.3 Å². The Hall–Kier alpha value is -0.340. The Labute approximate surface area is 111 Å². The maximum absolute atomic E-state index is 3.60. The zero-order valence-corrected chi connectivity index (χ0v) is 12.7. The van der Waals surface area contributed by atoms with Gasteiger partial charge < -0.3 is 5.32 Å². The van der Waals surface area contributed by atoms with E-state index < -0.39 is 0 Å². The lowest BCUT2D eigenvalue weighted by Gasteiger charge is -2.35. The first-order valence-electron chi connectivity index (χ1n) is 6.68. The Balaban J connectivity index is 2.52. The molecule has 0 aliphatic rings. The third kappa shape index (κ3) is 4.81. The van der Waals surface area contributed by atoms with Gasteiger partial charge in [-0.2, -0.15) is 11.3 Å². The van der Waals surface area contributed by atoms with Crippen LogP contribution in [0.3, 0.4) is 0 Å². The summed E-state index contributed by atoms with van der Waals surface area (Å²) in [4.78, 5) is 0. The predicted octanol–water partition coefficient (Wildman–Crippen LogP) is 4.34. The second kappa shape index (κ2) is 6.55. The molecule has 0 amide bonds. The molecule has 2 heteroatoms. The normalized spacial score (nSPS) is 15.5. The summed E-state index contributed by atoms with van der Waals surface area (Å²) >= 11 is 1.80. The molecule has 1 aromatic rings. The number of nitrogens with one attached hydrogen (secondary N) is 1. The van der Waals surface area contributed by atoms with Crippen LogP contribution in [0.4, 0.5) is 0 Å². The van der Waals surface area contributed by atoms with Crippen LogP contribution >= 0.6 is 11.3 Å². The summed E-state index contributed by atoms with van der Waals surface area (Å²) < 4.78 is 0. The monoisotopic (exact) mass is 253 g/mol. The molecule has 17 heavy (non-hydrogen) atoms. The molecule has 0 saturated heterocycles. The summed E-state index contributed by atoms with van der Waals surface area (Å²) in [5.74, 6) is 0.715. The van der Waals surface area contributed by atoms with Crippen LogP contribution in [0.25, 0.3) is 0 Å². The fourth-order valence-corrected chi connectivity index (χ4v) is 2.59. The maximum Gasteiger partial charge on any atom is 0.00106 e. The van der Waals surface area contributed by atoms with Gasteiger partial charge in [-0.1, -0.05) is 34.6 Å². The van der Waals surface area contributed by atoms with Crippen molar-refractivity contribution < 1.29 is 0 Å². The molecule has 1 nitrogen and oxygen atoms in total. The minimum absolute atomic E-state index is 0.395. The average Bonchev–Trinajstić information content (AvgIpc) is 2.76. The van der Waals surface area contributed by atoms with E-state index in [4.69, 9.17) is 0 Å². The first-order chi connectivity index (χ1) is 7.94. The van der Waals surface area contributed by atoms with Crippen LogP contribution in [-0.4, -0.2) is 12.6 Å². The molecule has 1 N–H and O–H groups in total. The summed E-state index contributed by atoms with van der Waals surface area (Å²) in [5.41, 5.74) is 1.89. The highest BCUT2D eigenvalue weighted by Crippen LogP contribution is 2.32. The third-order valence-electron chi connectivity index (χ3n) is 3.87. The van der Waals surface area contributed by atoms with Crippen molar-refractivity contribution in [3.63, 3.8) is 0 Å². The van der Waals surface area contributed by atoms with Crippen molar-refractivity contribution in [2.24, 2.45) is 11.3 Å². The zero-order chi connectivity index (χ0) is 12.9. The second-order valence-corrected chi connectivity index (χ2v) is 6.76. The van der Waals surface area contributed by atoms with Crippen LogP contribution < -0.4 is 5.32 Å².